The van der Waals surface area contributed by atoms with Gasteiger partial charge in [-0.1, -0.05) is 30.3 Å². The summed E-state index contributed by atoms with van der Waals surface area (Å²) < 4.78 is 0. The van der Waals surface area contributed by atoms with Crippen LogP contribution in [0.4, 0.5) is 0 Å². The molecule has 0 aromatic heterocycles. The van der Waals surface area contributed by atoms with E-state index in [-0.39, 0.29) is 0 Å². The highest BCUT2D eigenvalue weighted by atomic mass is 15.2. The van der Waals surface area contributed by atoms with E-state index in [1.807, 2.05) is 0 Å². The Morgan fingerprint density at radius 2 is 2.14 bits per heavy atom. The number of nitrogens with zero attached hydrogens (tertiary/aromatic N) is 1. The van der Waals surface area contributed by atoms with Crippen molar-refractivity contribution in [3.05, 3.63) is 42.8 Å². The van der Waals surface area contributed by atoms with Crippen LogP contribution in [0.5, 0.6) is 0 Å². The molecule has 2 heteroatoms. The van der Waals surface area contributed by atoms with Crippen molar-refractivity contribution in [1.29, 1.82) is 0 Å². The number of rotatable bonds is 2. The van der Waals surface area contributed by atoms with Crippen molar-refractivity contribution in [1.82, 2.24) is 10.2 Å². The number of piperazine rings is 1. The molecule has 1 aliphatic heterocycles. The van der Waals surface area contributed by atoms with E-state index >= 15 is 0 Å². The molecule has 1 aromatic rings. The van der Waals surface area contributed by atoms with Gasteiger partial charge in [0, 0.05) is 25.7 Å². The first-order chi connectivity index (χ1) is 6.92. The Balaban J connectivity index is 2.15. The van der Waals surface area contributed by atoms with Crippen LogP contribution in [-0.4, -0.2) is 31.1 Å². The quantitative estimate of drug-likeness (QED) is 0.758. The minimum atomic E-state index is 0.502. The van der Waals surface area contributed by atoms with Gasteiger partial charge in [-0.2, -0.15) is 0 Å². The summed E-state index contributed by atoms with van der Waals surface area (Å²) in [4.78, 5) is 2.42. The summed E-state index contributed by atoms with van der Waals surface area (Å²) in [5, 5.41) is 3.43. The summed E-state index contributed by atoms with van der Waals surface area (Å²) in [5.74, 6) is 0. The monoisotopic (exact) mass is 189 g/mol. The Bertz CT molecular complexity index is 271. The van der Waals surface area contributed by atoms with Crippen LogP contribution in [0.2, 0.25) is 0 Å². The molecule has 0 amide bonds. The molecule has 1 unspecified atom stereocenters. The zero-order valence-electron chi connectivity index (χ0n) is 8.45. The average Bonchev–Trinajstić information content (AvgIpc) is 2.30. The smallest absolute Gasteiger partial charge is 0.0473 e. The topological polar surface area (TPSA) is 15.3 Å². The summed E-state index contributed by atoms with van der Waals surface area (Å²) in [6.45, 7) is 8.10. The average molecular weight is 189 g/mol. The SMILES string of the molecule is [CH2]CN1CCNCC1c1ccccc1. The molecule has 14 heavy (non-hydrogen) atoms. The van der Waals surface area contributed by atoms with Crippen LogP contribution in [0.3, 0.4) is 0 Å². The molecule has 1 saturated heterocycles. The number of benzene rings is 1. The van der Waals surface area contributed by atoms with Crippen molar-refractivity contribution in [2.24, 2.45) is 0 Å². The minimum absolute atomic E-state index is 0.502. The highest BCUT2D eigenvalue weighted by molar-refractivity contribution is 5.20. The molecule has 0 saturated carbocycles. The molecule has 75 valence electrons. The molecule has 0 spiro atoms. The first-order valence-electron chi connectivity index (χ1n) is 5.21. The second-order valence-electron chi connectivity index (χ2n) is 3.67. The molecular weight excluding hydrogens is 172 g/mol. The van der Waals surface area contributed by atoms with Gasteiger partial charge in [0.25, 0.3) is 0 Å². The predicted molar refractivity (Wildman–Crippen MR) is 59.0 cm³/mol. The van der Waals surface area contributed by atoms with E-state index in [0.717, 1.165) is 26.2 Å². The van der Waals surface area contributed by atoms with E-state index in [1.54, 1.807) is 0 Å². The zero-order chi connectivity index (χ0) is 9.80. The molecule has 1 aliphatic rings. The van der Waals surface area contributed by atoms with Crippen molar-refractivity contribution in [2.75, 3.05) is 26.2 Å². The molecule has 1 N–H and O–H groups in total. The van der Waals surface area contributed by atoms with Crippen LogP contribution in [0.1, 0.15) is 11.6 Å². The van der Waals surface area contributed by atoms with Crippen molar-refractivity contribution in [2.45, 2.75) is 6.04 Å². The zero-order valence-corrected chi connectivity index (χ0v) is 8.45. The first-order valence-corrected chi connectivity index (χ1v) is 5.21. The van der Waals surface area contributed by atoms with E-state index in [9.17, 15) is 0 Å². The molecule has 1 fully saturated rings. The van der Waals surface area contributed by atoms with Crippen LogP contribution in [0.25, 0.3) is 0 Å². The van der Waals surface area contributed by atoms with Crippen molar-refractivity contribution in [3.63, 3.8) is 0 Å². The Hall–Kier alpha value is -0.860. The largest absolute Gasteiger partial charge is 0.314 e. The maximum absolute atomic E-state index is 3.98. The normalized spacial score (nSPS) is 23.6. The number of nitrogens with one attached hydrogen (secondary N) is 1. The van der Waals surface area contributed by atoms with Gasteiger partial charge in [-0.3, -0.25) is 4.90 Å². The van der Waals surface area contributed by atoms with E-state index in [1.165, 1.54) is 5.56 Å². The lowest BCUT2D eigenvalue weighted by Crippen LogP contribution is -2.45. The van der Waals surface area contributed by atoms with Gasteiger partial charge in [0.1, 0.15) is 0 Å². The van der Waals surface area contributed by atoms with E-state index in [2.05, 4.69) is 47.5 Å². The lowest BCUT2D eigenvalue weighted by Gasteiger charge is -2.35. The van der Waals surface area contributed by atoms with Crippen LogP contribution in [0, 0.1) is 6.92 Å². The maximum Gasteiger partial charge on any atom is 0.0473 e. The van der Waals surface area contributed by atoms with Gasteiger partial charge in [-0.05, 0) is 19.0 Å². The summed E-state index contributed by atoms with van der Waals surface area (Å²) in [6.07, 6.45) is 0. The third kappa shape index (κ3) is 1.97. The van der Waals surface area contributed by atoms with Crippen molar-refractivity contribution in [3.8, 4) is 0 Å². The summed E-state index contributed by atoms with van der Waals surface area (Å²) >= 11 is 0. The minimum Gasteiger partial charge on any atom is -0.314 e. The fourth-order valence-electron chi connectivity index (χ4n) is 2.02. The predicted octanol–water partition coefficient (Wildman–Crippen LogP) is 1.47. The standard InChI is InChI=1S/C12H17N2/c1-2-14-9-8-13-10-12(14)11-6-4-3-5-7-11/h3-7,12-13H,1-2,8-10H2. The summed E-state index contributed by atoms with van der Waals surface area (Å²) in [7, 11) is 0. The Labute approximate surface area is 85.9 Å². The van der Waals surface area contributed by atoms with Gasteiger partial charge in [-0.25, -0.2) is 0 Å². The van der Waals surface area contributed by atoms with Gasteiger partial charge < -0.3 is 5.32 Å². The van der Waals surface area contributed by atoms with Crippen LogP contribution in [-0.2, 0) is 0 Å². The summed E-state index contributed by atoms with van der Waals surface area (Å²) in [5.41, 5.74) is 1.39. The van der Waals surface area contributed by atoms with Gasteiger partial charge in [0.2, 0.25) is 0 Å². The molecule has 1 atom stereocenters. The van der Waals surface area contributed by atoms with Gasteiger partial charge in [0.15, 0.2) is 0 Å². The summed E-state index contributed by atoms with van der Waals surface area (Å²) in [6, 6.07) is 11.2. The van der Waals surface area contributed by atoms with Gasteiger partial charge in [-0.15, -0.1) is 0 Å². The third-order valence-electron chi connectivity index (χ3n) is 2.83. The van der Waals surface area contributed by atoms with Crippen LogP contribution >= 0.6 is 0 Å². The molecular formula is C12H17N2. The Morgan fingerprint density at radius 1 is 1.36 bits per heavy atom. The highest BCUT2D eigenvalue weighted by Crippen LogP contribution is 2.20. The van der Waals surface area contributed by atoms with Crippen LogP contribution in [0.15, 0.2) is 30.3 Å². The molecule has 2 rings (SSSR count). The van der Waals surface area contributed by atoms with Crippen molar-refractivity contribution >= 4 is 0 Å². The molecule has 1 heterocycles. The van der Waals surface area contributed by atoms with E-state index in [0.29, 0.717) is 6.04 Å². The lowest BCUT2D eigenvalue weighted by molar-refractivity contribution is 0.179. The number of hydrogen-bond acceptors (Lipinski definition) is 2. The Kier molecular flexibility index (Phi) is 3.17. The molecule has 0 bridgehead atoms. The van der Waals surface area contributed by atoms with E-state index < -0.39 is 0 Å². The molecule has 1 radical (unpaired) electrons. The third-order valence-corrected chi connectivity index (χ3v) is 2.83. The second kappa shape index (κ2) is 4.58. The molecule has 1 aromatic carbocycles. The van der Waals surface area contributed by atoms with Crippen LogP contribution < -0.4 is 5.32 Å². The van der Waals surface area contributed by atoms with Gasteiger partial charge >= 0.3 is 0 Å². The first kappa shape index (κ1) is 9.69. The Morgan fingerprint density at radius 3 is 2.86 bits per heavy atom. The molecule has 0 aliphatic carbocycles. The fraction of sp³-hybridized carbons (Fsp3) is 0.417. The fourth-order valence-corrected chi connectivity index (χ4v) is 2.02. The lowest BCUT2D eigenvalue weighted by atomic mass is 10.0. The maximum atomic E-state index is 3.98. The highest BCUT2D eigenvalue weighted by Gasteiger charge is 2.21. The second-order valence-corrected chi connectivity index (χ2v) is 3.67. The van der Waals surface area contributed by atoms with Crippen molar-refractivity contribution < 1.29 is 0 Å². The van der Waals surface area contributed by atoms with E-state index in [4.69, 9.17) is 0 Å². The van der Waals surface area contributed by atoms with Gasteiger partial charge in [0.05, 0.1) is 0 Å². The molecule has 2 nitrogen and oxygen atoms in total. The number of hydrogen-bond donors (Lipinski definition) is 1.